The standard InChI is InChI=1S/C17H19N5S2/c1-23-20-10-5-9-18-17-19-11-8-14(22-17)15-12-24-16(21-15)13-6-3-2-4-7-13/h2-4,6-8,11-12,20H,5,9-10H2,1H3,(H,18,19,22). The Labute approximate surface area is 150 Å². The van der Waals surface area contributed by atoms with Crippen LogP contribution in [-0.2, 0) is 0 Å². The lowest BCUT2D eigenvalue weighted by Crippen LogP contribution is -2.12. The minimum atomic E-state index is 0.644. The second kappa shape index (κ2) is 8.77. The number of benzene rings is 1. The fourth-order valence-corrected chi connectivity index (χ4v) is 3.32. The summed E-state index contributed by atoms with van der Waals surface area (Å²) >= 11 is 3.26. The van der Waals surface area contributed by atoms with Crippen molar-refractivity contribution in [3.63, 3.8) is 0 Å². The molecular weight excluding hydrogens is 338 g/mol. The van der Waals surface area contributed by atoms with E-state index in [9.17, 15) is 0 Å². The maximum absolute atomic E-state index is 4.70. The molecule has 3 rings (SSSR count). The molecular formula is C17H19N5S2. The normalized spacial score (nSPS) is 10.7. The molecule has 124 valence electrons. The number of nitrogens with zero attached hydrogens (tertiary/aromatic N) is 3. The SMILES string of the molecule is CSNCCCNc1nccc(-c2csc(-c3ccccc3)n2)n1. The van der Waals surface area contributed by atoms with Crippen molar-refractivity contribution in [2.75, 3.05) is 24.7 Å². The Bertz CT molecular complexity index is 760. The first-order chi connectivity index (χ1) is 11.9. The molecule has 0 aliphatic heterocycles. The average Bonchev–Trinajstić information content (AvgIpc) is 3.13. The van der Waals surface area contributed by atoms with E-state index in [1.807, 2.05) is 35.9 Å². The van der Waals surface area contributed by atoms with Gasteiger partial charge < -0.3 is 5.32 Å². The molecule has 0 amide bonds. The highest BCUT2D eigenvalue weighted by Gasteiger charge is 2.08. The van der Waals surface area contributed by atoms with Gasteiger partial charge in [0.05, 0.1) is 5.69 Å². The van der Waals surface area contributed by atoms with Gasteiger partial charge in [0.25, 0.3) is 0 Å². The molecule has 3 aromatic rings. The lowest BCUT2D eigenvalue weighted by atomic mass is 10.2. The van der Waals surface area contributed by atoms with E-state index in [0.29, 0.717) is 5.95 Å². The van der Waals surface area contributed by atoms with Gasteiger partial charge in [-0.1, -0.05) is 42.3 Å². The summed E-state index contributed by atoms with van der Waals surface area (Å²) < 4.78 is 3.22. The molecule has 0 unspecified atom stereocenters. The zero-order valence-corrected chi connectivity index (χ0v) is 15.0. The van der Waals surface area contributed by atoms with Gasteiger partial charge in [0.2, 0.25) is 5.95 Å². The number of thiazole rings is 1. The molecule has 5 nitrogen and oxygen atoms in total. The Balaban J connectivity index is 1.67. The minimum Gasteiger partial charge on any atom is -0.354 e. The third kappa shape index (κ3) is 4.53. The molecule has 24 heavy (non-hydrogen) atoms. The van der Waals surface area contributed by atoms with Gasteiger partial charge in [-0.3, -0.25) is 4.72 Å². The summed E-state index contributed by atoms with van der Waals surface area (Å²) in [6.07, 6.45) is 4.81. The first-order valence-electron chi connectivity index (χ1n) is 7.71. The van der Waals surface area contributed by atoms with Crippen molar-refractivity contribution >= 4 is 29.2 Å². The van der Waals surface area contributed by atoms with Gasteiger partial charge in [-0.05, 0) is 18.7 Å². The van der Waals surface area contributed by atoms with Crippen LogP contribution in [0.5, 0.6) is 0 Å². The van der Waals surface area contributed by atoms with Crippen LogP contribution in [0.4, 0.5) is 5.95 Å². The minimum absolute atomic E-state index is 0.644. The summed E-state index contributed by atoms with van der Waals surface area (Å²) in [5, 5.41) is 6.30. The smallest absolute Gasteiger partial charge is 0.223 e. The van der Waals surface area contributed by atoms with Crippen molar-refractivity contribution in [1.29, 1.82) is 0 Å². The van der Waals surface area contributed by atoms with Gasteiger partial charge in [0, 0.05) is 30.2 Å². The van der Waals surface area contributed by atoms with Gasteiger partial charge in [0.1, 0.15) is 10.7 Å². The van der Waals surface area contributed by atoms with Gasteiger partial charge in [-0.15, -0.1) is 11.3 Å². The van der Waals surface area contributed by atoms with E-state index in [2.05, 4.69) is 32.1 Å². The summed E-state index contributed by atoms with van der Waals surface area (Å²) in [6, 6.07) is 12.1. The molecule has 2 aromatic heterocycles. The third-order valence-corrected chi connectivity index (χ3v) is 4.71. The van der Waals surface area contributed by atoms with Crippen molar-refractivity contribution in [1.82, 2.24) is 19.7 Å². The second-order valence-corrected chi connectivity index (χ2v) is 6.60. The maximum Gasteiger partial charge on any atom is 0.223 e. The lowest BCUT2D eigenvalue weighted by Gasteiger charge is -2.05. The molecule has 0 atom stereocenters. The van der Waals surface area contributed by atoms with Gasteiger partial charge in [0.15, 0.2) is 0 Å². The Morgan fingerprint density at radius 2 is 1.92 bits per heavy atom. The fraction of sp³-hybridized carbons (Fsp3) is 0.235. The number of anilines is 1. The monoisotopic (exact) mass is 357 g/mol. The Kier molecular flexibility index (Phi) is 6.17. The molecule has 2 N–H and O–H groups in total. The van der Waals surface area contributed by atoms with Crippen LogP contribution in [0.15, 0.2) is 48.0 Å². The lowest BCUT2D eigenvalue weighted by molar-refractivity contribution is 0.827. The van der Waals surface area contributed by atoms with E-state index in [1.165, 1.54) is 0 Å². The van der Waals surface area contributed by atoms with E-state index in [-0.39, 0.29) is 0 Å². The van der Waals surface area contributed by atoms with Gasteiger partial charge in [-0.2, -0.15) is 0 Å². The topological polar surface area (TPSA) is 62.7 Å². The number of hydrogen-bond donors (Lipinski definition) is 2. The Morgan fingerprint density at radius 3 is 2.75 bits per heavy atom. The summed E-state index contributed by atoms with van der Waals surface area (Å²) in [5.41, 5.74) is 2.85. The highest BCUT2D eigenvalue weighted by atomic mass is 32.2. The van der Waals surface area contributed by atoms with Crippen molar-refractivity contribution < 1.29 is 0 Å². The summed E-state index contributed by atoms with van der Waals surface area (Å²) in [4.78, 5) is 13.5. The molecule has 0 spiro atoms. The zero-order chi connectivity index (χ0) is 16.6. The zero-order valence-electron chi connectivity index (χ0n) is 13.4. The molecule has 0 bridgehead atoms. The largest absolute Gasteiger partial charge is 0.354 e. The quantitative estimate of drug-likeness (QED) is 0.470. The van der Waals surface area contributed by atoms with E-state index < -0.39 is 0 Å². The average molecular weight is 358 g/mol. The van der Waals surface area contributed by atoms with Crippen LogP contribution < -0.4 is 10.0 Å². The van der Waals surface area contributed by atoms with Crippen LogP contribution in [0.3, 0.4) is 0 Å². The Hall–Kier alpha value is -1.96. The third-order valence-electron chi connectivity index (χ3n) is 3.33. The fourth-order valence-electron chi connectivity index (χ4n) is 2.15. The molecule has 7 heteroatoms. The van der Waals surface area contributed by atoms with Crippen molar-refractivity contribution in [3.8, 4) is 22.0 Å². The highest BCUT2D eigenvalue weighted by molar-refractivity contribution is 7.96. The van der Waals surface area contributed by atoms with E-state index in [0.717, 1.165) is 41.5 Å². The van der Waals surface area contributed by atoms with Crippen LogP contribution in [0.1, 0.15) is 6.42 Å². The summed E-state index contributed by atoms with van der Waals surface area (Å²) in [5.74, 6) is 0.644. The first-order valence-corrected chi connectivity index (χ1v) is 9.81. The molecule has 2 heterocycles. The molecule has 0 aliphatic rings. The predicted molar refractivity (Wildman–Crippen MR) is 103 cm³/mol. The van der Waals surface area contributed by atoms with Crippen molar-refractivity contribution in [2.24, 2.45) is 0 Å². The molecule has 0 aliphatic carbocycles. The Morgan fingerprint density at radius 1 is 1.04 bits per heavy atom. The van der Waals surface area contributed by atoms with Crippen molar-refractivity contribution in [3.05, 3.63) is 48.0 Å². The molecule has 1 aromatic carbocycles. The van der Waals surface area contributed by atoms with Crippen LogP contribution in [0, 0.1) is 0 Å². The molecule has 0 radical (unpaired) electrons. The maximum atomic E-state index is 4.70. The van der Waals surface area contributed by atoms with Crippen LogP contribution in [-0.4, -0.2) is 34.3 Å². The number of rotatable bonds is 8. The summed E-state index contributed by atoms with van der Waals surface area (Å²) in [7, 11) is 0. The van der Waals surface area contributed by atoms with Crippen LogP contribution >= 0.6 is 23.3 Å². The summed E-state index contributed by atoms with van der Waals surface area (Å²) in [6.45, 7) is 1.80. The molecule has 0 fully saturated rings. The van der Waals surface area contributed by atoms with E-state index in [1.54, 1.807) is 29.5 Å². The second-order valence-electron chi connectivity index (χ2n) is 5.05. The van der Waals surface area contributed by atoms with Crippen molar-refractivity contribution in [2.45, 2.75) is 6.42 Å². The van der Waals surface area contributed by atoms with E-state index in [4.69, 9.17) is 4.98 Å². The molecule has 0 saturated heterocycles. The van der Waals surface area contributed by atoms with Gasteiger partial charge >= 0.3 is 0 Å². The van der Waals surface area contributed by atoms with Gasteiger partial charge in [-0.25, -0.2) is 15.0 Å². The van der Waals surface area contributed by atoms with Crippen LogP contribution in [0.2, 0.25) is 0 Å². The number of aromatic nitrogens is 3. The van der Waals surface area contributed by atoms with Crippen LogP contribution in [0.25, 0.3) is 22.0 Å². The highest BCUT2D eigenvalue weighted by Crippen LogP contribution is 2.27. The number of nitrogens with one attached hydrogen (secondary N) is 2. The first kappa shape index (κ1) is 16.9. The number of hydrogen-bond acceptors (Lipinski definition) is 7. The predicted octanol–water partition coefficient (Wildman–Crippen LogP) is 3.94. The van der Waals surface area contributed by atoms with E-state index >= 15 is 0 Å². The molecule has 0 saturated carbocycles.